The summed E-state index contributed by atoms with van der Waals surface area (Å²) in [7, 11) is 0. The molecule has 0 aliphatic carbocycles. The summed E-state index contributed by atoms with van der Waals surface area (Å²) in [5, 5.41) is 2.54. The summed E-state index contributed by atoms with van der Waals surface area (Å²) in [6, 6.07) is 10.4. The van der Waals surface area contributed by atoms with Crippen molar-refractivity contribution < 1.29 is 9.53 Å². The fourth-order valence-corrected chi connectivity index (χ4v) is 5.15. The van der Waals surface area contributed by atoms with Gasteiger partial charge in [-0.1, -0.05) is 41.1 Å². The molecule has 148 valence electrons. The lowest BCUT2D eigenvalue weighted by Crippen LogP contribution is -2.39. The van der Waals surface area contributed by atoms with E-state index in [9.17, 15) is 9.59 Å². The van der Waals surface area contributed by atoms with E-state index in [0.717, 1.165) is 10.4 Å². The van der Waals surface area contributed by atoms with Crippen molar-refractivity contribution in [1.29, 1.82) is 0 Å². The van der Waals surface area contributed by atoms with Gasteiger partial charge in [-0.3, -0.25) is 9.36 Å². The van der Waals surface area contributed by atoms with Gasteiger partial charge in [0.25, 0.3) is 5.56 Å². The van der Waals surface area contributed by atoms with Gasteiger partial charge >= 0.3 is 5.97 Å². The van der Waals surface area contributed by atoms with Crippen LogP contribution in [0.5, 0.6) is 0 Å². The molecule has 1 atom stereocenters. The summed E-state index contributed by atoms with van der Waals surface area (Å²) >= 11 is 8.92. The van der Waals surface area contributed by atoms with Crippen LogP contribution in [-0.4, -0.2) is 17.1 Å². The van der Waals surface area contributed by atoms with Gasteiger partial charge in [0.1, 0.15) is 0 Å². The smallest absolute Gasteiger partial charge is 0.338 e. The molecule has 3 heterocycles. The van der Waals surface area contributed by atoms with Crippen LogP contribution in [0.4, 0.5) is 0 Å². The molecule has 0 fully saturated rings. The number of hydrogen-bond acceptors (Lipinski definition) is 6. The van der Waals surface area contributed by atoms with Gasteiger partial charge < -0.3 is 4.74 Å². The molecule has 2 aromatic heterocycles. The molecule has 1 aliphatic heterocycles. The van der Waals surface area contributed by atoms with Gasteiger partial charge in [0.2, 0.25) is 0 Å². The first-order valence-electron chi connectivity index (χ1n) is 8.98. The zero-order valence-electron chi connectivity index (χ0n) is 15.7. The lowest BCUT2D eigenvalue weighted by molar-refractivity contribution is -0.139. The average molecular weight is 445 g/mol. The van der Waals surface area contributed by atoms with Gasteiger partial charge in [-0.15, -0.1) is 11.3 Å². The second kappa shape index (κ2) is 8.10. The highest BCUT2D eigenvalue weighted by Crippen LogP contribution is 2.31. The summed E-state index contributed by atoms with van der Waals surface area (Å²) in [5.74, 6) is -0.471. The predicted molar refractivity (Wildman–Crippen MR) is 116 cm³/mol. The lowest BCUT2D eigenvalue weighted by atomic mass is 9.96. The van der Waals surface area contributed by atoms with Crippen molar-refractivity contribution in [3.05, 3.63) is 88.2 Å². The van der Waals surface area contributed by atoms with E-state index in [1.54, 1.807) is 41.9 Å². The van der Waals surface area contributed by atoms with Crippen LogP contribution in [0.25, 0.3) is 6.08 Å². The minimum absolute atomic E-state index is 0.184. The number of nitrogens with zero attached hydrogens (tertiary/aromatic N) is 2. The van der Waals surface area contributed by atoms with Crippen LogP contribution in [0, 0.1) is 0 Å². The fraction of sp³-hybridized carbons (Fsp3) is 0.190. The summed E-state index contributed by atoms with van der Waals surface area (Å²) in [6.07, 6.45) is 1.86. The van der Waals surface area contributed by atoms with E-state index >= 15 is 0 Å². The van der Waals surface area contributed by atoms with Crippen LogP contribution in [-0.2, 0) is 9.53 Å². The first kappa shape index (κ1) is 19.8. The van der Waals surface area contributed by atoms with Crippen molar-refractivity contribution in [1.82, 2.24) is 4.57 Å². The second-order valence-electron chi connectivity index (χ2n) is 6.37. The molecule has 1 aliphatic rings. The maximum atomic E-state index is 13.3. The molecule has 0 saturated heterocycles. The third kappa shape index (κ3) is 3.73. The highest BCUT2D eigenvalue weighted by Gasteiger charge is 2.33. The SMILES string of the molecule is CCOC(=O)C1=C(C)N=c2sc(=Cc3cccs3)c(=O)n2[C@@H]1c1ccc(Cl)cc1. The Bertz CT molecular complexity index is 1270. The van der Waals surface area contributed by atoms with Crippen molar-refractivity contribution in [2.75, 3.05) is 6.61 Å². The standard InChI is InChI=1S/C21H17ClN2O3S2/c1-3-27-20(26)17-12(2)23-21-24(18(17)13-6-8-14(22)9-7-13)19(25)16(29-21)11-15-5-4-10-28-15/h4-11,18H,3H2,1-2H3/t18-/m1/s1. The maximum Gasteiger partial charge on any atom is 0.338 e. The number of halogens is 1. The Morgan fingerprint density at radius 3 is 2.72 bits per heavy atom. The number of carbonyl (C=O) groups is 1. The molecule has 5 nitrogen and oxygen atoms in total. The summed E-state index contributed by atoms with van der Waals surface area (Å²) in [5.41, 5.74) is 1.50. The molecule has 0 radical (unpaired) electrons. The molecule has 8 heteroatoms. The topological polar surface area (TPSA) is 60.7 Å². The van der Waals surface area contributed by atoms with Crippen molar-refractivity contribution in [3.8, 4) is 0 Å². The van der Waals surface area contributed by atoms with Gasteiger partial charge in [-0.2, -0.15) is 0 Å². The summed E-state index contributed by atoms with van der Waals surface area (Å²) in [4.78, 5) is 32.2. The number of rotatable bonds is 4. The molecule has 4 rings (SSSR count). The lowest BCUT2D eigenvalue weighted by Gasteiger charge is -2.24. The van der Waals surface area contributed by atoms with Crippen molar-refractivity contribution >= 4 is 46.3 Å². The zero-order chi connectivity index (χ0) is 20.5. The van der Waals surface area contributed by atoms with Gasteiger partial charge in [0, 0.05) is 9.90 Å². The normalized spacial score (nSPS) is 16.5. The number of thiazole rings is 1. The summed E-state index contributed by atoms with van der Waals surface area (Å²) < 4.78 is 7.42. The quantitative estimate of drug-likeness (QED) is 0.578. The van der Waals surface area contributed by atoms with E-state index < -0.39 is 12.0 Å². The number of thiophene rings is 1. The second-order valence-corrected chi connectivity index (χ2v) is 8.79. The minimum Gasteiger partial charge on any atom is -0.463 e. The van der Waals surface area contributed by atoms with E-state index in [1.807, 2.05) is 35.7 Å². The Labute approximate surface area is 179 Å². The van der Waals surface area contributed by atoms with E-state index in [-0.39, 0.29) is 12.2 Å². The number of aromatic nitrogens is 1. The number of esters is 1. The molecule has 0 saturated carbocycles. The van der Waals surface area contributed by atoms with Gasteiger partial charge in [0.05, 0.1) is 28.5 Å². The molecule has 1 aromatic carbocycles. The molecule has 0 N–H and O–H groups in total. The number of hydrogen-bond donors (Lipinski definition) is 0. The van der Waals surface area contributed by atoms with Crippen LogP contribution in [0.15, 0.2) is 62.8 Å². The van der Waals surface area contributed by atoms with E-state index in [0.29, 0.717) is 25.6 Å². The largest absolute Gasteiger partial charge is 0.463 e. The monoisotopic (exact) mass is 444 g/mol. The molecule has 29 heavy (non-hydrogen) atoms. The first-order chi connectivity index (χ1) is 14.0. The third-order valence-electron chi connectivity index (χ3n) is 4.52. The molecular weight excluding hydrogens is 428 g/mol. The average Bonchev–Trinajstić information content (AvgIpc) is 3.30. The van der Waals surface area contributed by atoms with Gasteiger partial charge in [-0.05, 0) is 49.1 Å². The minimum atomic E-state index is -0.618. The Kier molecular flexibility index (Phi) is 5.54. The molecule has 0 unspecified atom stereocenters. The highest BCUT2D eigenvalue weighted by molar-refractivity contribution is 7.11. The Morgan fingerprint density at radius 1 is 1.31 bits per heavy atom. The molecular formula is C21H17ClN2O3S2. The van der Waals surface area contributed by atoms with Crippen LogP contribution >= 0.6 is 34.3 Å². The molecule has 3 aromatic rings. The number of allylic oxidation sites excluding steroid dienone is 1. The number of carbonyl (C=O) groups excluding carboxylic acids is 1. The molecule has 0 bridgehead atoms. The van der Waals surface area contributed by atoms with Crippen LogP contribution in [0.1, 0.15) is 30.3 Å². The highest BCUT2D eigenvalue weighted by atomic mass is 35.5. The third-order valence-corrected chi connectivity index (χ3v) is 6.57. The Morgan fingerprint density at radius 2 is 2.07 bits per heavy atom. The number of ether oxygens (including phenoxy) is 1. The van der Waals surface area contributed by atoms with Crippen LogP contribution < -0.4 is 14.9 Å². The van der Waals surface area contributed by atoms with Gasteiger partial charge in [-0.25, -0.2) is 9.79 Å². The van der Waals surface area contributed by atoms with E-state index in [1.165, 1.54) is 11.3 Å². The molecule has 0 spiro atoms. The van der Waals surface area contributed by atoms with Crippen molar-refractivity contribution in [2.45, 2.75) is 19.9 Å². The number of fused-ring (bicyclic) bond motifs is 1. The first-order valence-corrected chi connectivity index (χ1v) is 11.1. The zero-order valence-corrected chi connectivity index (χ0v) is 18.1. The van der Waals surface area contributed by atoms with E-state index in [4.69, 9.17) is 16.3 Å². The van der Waals surface area contributed by atoms with Crippen molar-refractivity contribution in [2.24, 2.45) is 4.99 Å². The Hall–Kier alpha value is -2.48. The Balaban J connectivity index is 1.97. The fourth-order valence-electron chi connectivity index (χ4n) is 3.25. The van der Waals surface area contributed by atoms with Crippen molar-refractivity contribution in [3.63, 3.8) is 0 Å². The predicted octanol–water partition coefficient (Wildman–Crippen LogP) is 3.51. The van der Waals surface area contributed by atoms with Gasteiger partial charge in [0.15, 0.2) is 4.80 Å². The maximum absolute atomic E-state index is 13.3. The molecule has 0 amide bonds. The van der Waals surface area contributed by atoms with E-state index in [2.05, 4.69) is 4.99 Å². The van der Waals surface area contributed by atoms with Crippen LogP contribution in [0.3, 0.4) is 0 Å². The van der Waals surface area contributed by atoms with Crippen LogP contribution in [0.2, 0.25) is 5.02 Å². The summed E-state index contributed by atoms with van der Waals surface area (Å²) in [6.45, 7) is 3.76. The number of benzene rings is 1.